The molecule has 0 aromatic carbocycles. The van der Waals surface area contributed by atoms with Crippen molar-refractivity contribution in [2.24, 2.45) is 0 Å². The van der Waals surface area contributed by atoms with Gasteiger partial charge in [0.05, 0.1) is 0 Å². The van der Waals surface area contributed by atoms with Crippen LogP contribution in [0.2, 0.25) is 0 Å². The first kappa shape index (κ1) is 15.2. The monoisotopic (exact) mass is 228 g/mol. The third-order valence-electron chi connectivity index (χ3n) is 1.74. The minimum atomic E-state index is -0.132. The maximum Gasteiger partial charge on any atom is 0.105 e. The van der Waals surface area contributed by atoms with E-state index in [-0.39, 0.29) is 13.2 Å². The number of rotatable bonds is 4. The topological polar surface area (TPSA) is 40.5 Å². The standard InChI is InChI=1S/C15H16O2/c16-14-12-10-8-6-4-2-1-3-5-7-9-11-13-15-17/h16-17H,1-5,14-15H2. The Labute approximate surface area is 103 Å². The molecule has 0 aliphatic heterocycles. The molecule has 0 aromatic rings. The Morgan fingerprint density at radius 2 is 0.941 bits per heavy atom. The van der Waals surface area contributed by atoms with E-state index in [0.29, 0.717) is 0 Å². The van der Waals surface area contributed by atoms with Gasteiger partial charge in [-0.2, -0.15) is 0 Å². The second-order valence-electron chi connectivity index (χ2n) is 3.08. The molecule has 88 valence electrons. The summed E-state index contributed by atoms with van der Waals surface area (Å²) in [5.41, 5.74) is 0. The van der Waals surface area contributed by atoms with Crippen LogP contribution in [0.25, 0.3) is 0 Å². The molecule has 0 bridgehead atoms. The number of aliphatic hydroxyl groups excluding tert-OH is 2. The third kappa shape index (κ3) is 14.2. The van der Waals surface area contributed by atoms with E-state index >= 15 is 0 Å². The van der Waals surface area contributed by atoms with Gasteiger partial charge in [-0.05, 0) is 36.5 Å². The van der Waals surface area contributed by atoms with Crippen molar-refractivity contribution in [2.75, 3.05) is 13.2 Å². The molecule has 0 amide bonds. The van der Waals surface area contributed by atoms with Gasteiger partial charge in [0, 0.05) is 12.8 Å². The molecule has 0 atom stereocenters. The number of aliphatic hydroxyl groups is 2. The van der Waals surface area contributed by atoms with Crippen LogP contribution >= 0.6 is 0 Å². The van der Waals surface area contributed by atoms with Crippen molar-refractivity contribution in [2.45, 2.75) is 32.1 Å². The van der Waals surface area contributed by atoms with E-state index in [4.69, 9.17) is 10.2 Å². The van der Waals surface area contributed by atoms with Crippen molar-refractivity contribution < 1.29 is 10.2 Å². The molecule has 0 heterocycles. The molecule has 0 rings (SSSR count). The van der Waals surface area contributed by atoms with E-state index in [9.17, 15) is 0 Å². The molecule has 0 fully saturated rings. The first-order valence-corrected chi connectivity index (χ1v) is 5.55. The largest absolute Gasteiger partial charge is 0.384 e. The minimum Gasteiger partial charge on any atom is -0.384 e. The SMILES string of the molecule is OCC#CC#CCCCCCC#CC#CCO. The van der Waals surface area contributed by atoms with Crippen LogP contribution in [0.4, 0.5) is 0 Å². The van der Waals surface area contributed by atoms with Crippen molar-refractivity contribution >= 4 is 0 Å². The van der Waals surface area contributed by atoms with Gasteiger partial charge >= 0.3 is 0 Å². The lowest BCUT2D eigenvalue weighted by Crippen LogP contribution is -1.75. The van der Waals surface area contributed by atoms with Crippen molar-refractivity contribution in [1.82, 2.24) is 0 Å². The van der Waals surface area contributed by atoms with E-state index in [1.807, 2.05) is 0 Å². The lowest BCUT2D eigenvalue weighted by atomic mass is 10.1. The van der Waals surface area contributed by atoms with Crippen LogP contribution in [-0.2, 0) is 0 Å². The van der Waals surface area contributed by atoms with Crippen LogP contribution in [0.1, 0.15) is 32.1 Å². The summed E-state index contributed by atoms with van der Waals surface area (Å²) in [6, 6.07) is 0. The number of hydrogen-bond donors (Lipinski definition) is 2. The summed E-state index contributed by atoms with van der Waals surface area (Å²) in [6.07, 6.45) is 4.83. The van der Waals surface area contributed by atoms with Crippen LogP contribution in [0.15, 0.2) is 0 Å². The van der Waals surface area contributed by atoms with Crippen molar-refractivity contribution in [1.29, 1.82) is 0 Å². The summed E-state index contributed by atoms with van der Waals surface area (Å²) in [5, 5.41) is 16.7. The molecule has 2 nitrogen and oxygen atoms in total. The highest BCUT2D eigenvalue weighted by atomic mass is 16.3. The quantitative estimate of drug-likeness (QED) is 0.555. The van der Waals surface area contributed by atoms with Gasteiger partial charge in [0.1, 0.15) is 13.2 Å². The highest BCUT2D eigenvalue weighted by molar-refractivity contribution is 5.26. The highest BCUT2D eigenvalue weighted by Gasteiger charge is 1.84. The molecular weight excluding hydrogens is 212 g/mol. The Balaban J connectivity index is 3.39. The van der Waals surface area contributed by atoms with E-state index < -0.39 is 0 Å². The van der Waals surface area contributed by atoms with Crippen LogP contribution < -0.4 is 0 Å². The summed E-state index contributed by atoms with van der Waals surface area (Å²) < 4.78 is 0. The fraction of sp³-hybridized carbons (Fsp3) is 0.467. The average Bonchev–Trinajstić information content (AvgIpc) is 2.35. The van der Waals surface area contributed by atoms with Gasteiger partial charge in [0.2, 0.25) is 0 Å². The molecule has 0 aromatic heterocycles. The summed E-state index contributed by atoms with van der Waals surface area (Å²) in [5.74, 6) is 21.2. The lowest BCUT2D eigenvalue weighted by molar-refractivity contribution is 0.350. The molecule has 2 heteroatoms. The highest BCUT2D eigenvalue weighted by Crippen LogP contribution is 2.00. The molecule has 0 aliphatic rings. The van der Waals surface area contributed by atoms with Crippen LogP contribution in [0, 0.1) is 47.4 Å². The summed E-state index contributed by atoms with van der Waals surface area (Å²) >= 11 is 0. The van der Waals surface area contributed by atoms with Gasteiger partial charge < -0.3 is 10.2 Å². The fourth-order valence-electron chi connectivity index (χ4n) is 0.984. The maximum absolute atomic E-state index is 8.37. The van der Waals surface area contributed by atoms with Crippen molar-refractivity contribution in [3.05, 3.63) is 0 Å². The second-order valence-corrected chi connectivity index (χ2v) is 3.08. The van der Waals surface area contributed by atoms with Gasteiger partial charge in [-0.1, -0.05) is 30.1 Å². The van der Waals surface area contributed by atoms with E-state index in [0.717, 1.165) is 32.1 Å². The van der Waals surface area contributed by atoms with Gasteiger partial charge in [-0.3, -0.25) is 0 Å². The Morgan fingerprint density at radius 1 is 0.529 bits per heavy atom. The van der Waals surface area contributed by atoms with Crippen LogP contribution in [0.5, 0.6) is 0 Å². The van der Waals surface area contributed by atoms with Gasteiger partial charge in [-0.25, -0.2) is 0 Å². The van der Waals surface area contributed by atoms with Gasteiger partial charge in [0.15, 0.2) is 0 Å². The molecule has 0 saturated heterocycles. The van der Waals surface area contributed by atoms with Crippen molar-refractivity contribution in [3.8, 4) is 47.4 Å². The summed E-state index contributed by atoms with van der Waals surface area (Å²) in [6.45, 7) is -0.265. The van der Waals surface area contributed by atoms with E-state index in [2.05, 4.69) is 47.4 Å². The maximum atomic E-state index is 8.37. The minimum absolute atomic E-state index is 0.132. The third-order valence-corrected chi connectivity index (χ3v) is 1.74. The second kappa shape index (κ2) is 14.2. The number of hydrogen-bond acceptors (Lipinski definition) is 2. The van der Waals surface area contributed by atoms with Gasteiger partial charge in [-0.15, -0.1) is 0 Å². The zero-order chi connectivity index (χ0) is 12.6. The molecule has 0 unspecified atom stereocenters. The first-order chi connectivity index (χ1) is 8.41. The van der Waals surface area contributed by atoms with Gasteiger partial charge in [0.25, 0.3) is 0 Å². The van der Waals surface area contributed by atoms with Crippen LogP contribution in [0.3, 0.4) is 0 Å². The zero-order valence-electron chi connectivity index (χ0n) is 9.84. The Kier molecular flexibility index (Phi) is 12.6. The Bertz CT molecular complexity index is 376. The average molecular weight is 228 g/mol. The predicted molar refractivity (Wildman–Crippen MR) is 68.4 cm³/mol. The molecule has 0 saturated carbocycles. The van der Waals surface area contributed by atoms with Crippen molar-refractivity contribution in [3.63, 3.8) is 0 Å². The summed E-state index contributed by atoms with van der Waals surface area (Å²) in [7, 11) is 0. The molecule has 17 heavy (non-hydrogen) atoms. The molecule has 0 spiro atoms. The first-order valence-electron chi connectivity index (χ1n) is 5.55. The molecule has 0 aliphatic carbocycles. The molecule has 2 N–H and O–H groups in total. The number of unbranched alkanes of at least 4 members (excludes halogenated alkanes) is 4. The summed E-state index contributed by atoms with van der Waals surface area (Å²) in [4.78, 5) is 0. The molecular formula is C15H16O2. The van der Waals surface area contributed by atoms with Crippen LogP contribution in [-0.4, -0.2) is 23.4 Å². The zero-order valence-corrected chi connectivity index (χ0v) is 9.84. The van der Waals surface area contributed by atoms with E-state index in [1.54, 1.807) is 0 Å². The molecule has 0 radical (unpaired) electrons. The Hall–Kier alpha value is -1.84. The predicted octanol–water partition coefficient (Wildman–Crippen LogP) is 0.935. The smallest absolute Gasteiger partial charge is 0.105 e. The Morgan fingerprint density at radius 3 is 1.35 bits per heavy atom. The normalized spacial score (nSPS) is 7.18. The lowest BCUT2D eigenvalue weighted by Gasteiger charge is -1.91. The van der Waals surface area contributed by atoms with E-state index in [1.165, 1.54) is 0 Å². The fourth-order valence-corrected chi connectivity index (χ4v) is 0.984.